The molecule has 3 heterocycles. The lowest BCUT2D eigenvalue weighted by atomic mass is 9.82. The molecule has 0 unspecified atom stereocenters. The van der Waals surface area contributed by atoms with E-state index in [-0.39, 0.29) is 11.7 Å². The Morgan fingerprint density at radius 2 is 2.11 bits per heavy atom. The molecule has 1 aliphatic rings. The predicted molar refractivity (Wildman–Crippen MR) is 129 cm³/mol. The predicted octanol–water partition coefficient (Wildman–Crippen LogP) is 4.54. The highest BCUT2D eigenvalue weighted by atomic mass is 19.1. The zero-order valence-corrected chi connectivity index (χ0v) is 20.1. The van der Waals surface area contributed by atoms with Gasteiger partial charge in [-0.05, 0) is 36.2 Å². The van der Waals surface area contributed by atoms with Gasteiger partial charge in [0.05, 0.1) is 37.6 Å². The summed E-state index contributed by atoms with van der Waals surface area (Å²) in [4.78, 5) is 11.7. The number of aliphatic carboxylic acids is 1. The summed E-state index contributed by atoms with van der Waals surface area (Å²) in [5.41, 5.74) is 4.00. The van der Waals surface area contributed by atoms with Crippen LogP contribution in [-0.4, -0.2) is 59.4 Å². The van der Waals surface area contributed by atoms with Crippen molar-refractivity contribution in [1.82, 2.24) is 14.8 Å². The molecule has 0 bridgehead atoms. The van der Waals surface area contributed by atoms with Crippen LogP contribution in [0, 0.1) is 5.82 Å². The van der Waals surface area contributed by atoms with Crippen LogP contribution in [0.1, 0.15) is 37.4 Å². The number of carbonyl (C=O) groups is 1. The first-order valence-electron chi connectivity index (χ1n) is 11.4. The molecular formula is C26H28FN3O5. The van der Waals surface area contributed by atoms with Gasteiger partial charge in [-0.3, -0.25) is 5.10 Å². The van der Waals surface area contributed by atoms with Crippen LogP contribution in [-0.2, 0) is 19.7 Å². The number of H-pyrrole nitrogens is 1. The van der Waals surface area contributed by atoms with E-state index in [4.69, 9.17) is 14.2 Å². The third-order valence-corrected chi connectivity index (χ3v) is 6.79. The molecule has 0 amide bonds. The lowest BCUT2D eigenvalue weighted by Crippen LogP contribution is -2.29. The summed E-state index contributed by atoms with van der Waals surface area (Å²) >= 11 is 0. The molecule has 2 aromatic heterocycles. The molecule has 0 saturated carbocycles. The highest BCUT2D eigenvalue weighted by Crippen LogP contribution is 2.45. The summed E-state index contributed by atoms with van der Waals surface area (Å²) in [6, 6.07) is 8.88. The normalized spacial score (nSPS) is 18.5. The Balaban J connectivity index is 1.87. The van der Waals surface area contributed by atoms with Gasteiger partial charge in [0, 0.05) is 46.7 Å². The van der Waals surface area contributed by atoms with Crippen LogP contribution >= 0.6 is 0 Å². The summed E-state index contributed by atoms with van der Waals surface area (Å²) in [7, 11) is 3.09. The van der Waals surface area contributed by atoms with E-state index in [1.807, 2.05) is 12.1 Å². The van der Waals surface area contributed by atoms with Crippen LogP contribution < -0.4 is 4.74 Å². The molecule has 2 aromatic carbocycles. The first-order chi connectivity index (χ1) is 16.7. The number of hydrogen-bond donors (Lipinski definition) is 2. The van der Waals surface area contributed by atoms with E-state index in [1.54, 1.807) is 25.4 Å². The monoisotopic (exact) mass is 481 g/mol. The lowest BCUT2D eigenvalue weighted by molar-refractivity contribution is -0.147. The molecular weight excluding hydrogens is 453 g/mol. The molecule has 2 atom stereocenters. The zero-order valence-electron chi connectivity index (χ0n) is 20.1. The molecule has 1 saturated heterocycles. The summed E-state index contributed by atoms with van der Waals surface area (Å²) in [6.07, 6.45) is 1.26. The van der Waals surface area contributed by atoms with Crippen LogP contribution in [0.2, 0.25) is 0 Å². The summed E-state index contributed by atoms with van der Waals surface area (Å²) < 4.78 is 33.0. The standard InChI is InChI=1S/C26H28FN3O5/c1-26(2,13-33-3)24-23(15-8-22(25(31)32)35-12-15)17-10-19-14(11-28-29-19)7-20(17)30(24)16-5-6-18(27)21(9-16)34-4/h5-7,9-11,15,22H,8,12-13H2,1-4H3,(H,28,29)(H,31,32)/t15-,22+/m1/s1. The summed E-state index contributed by atoms with van der Waals surface area (Å²) in [6.45, 7) is 4.89. The second-order valence-corrected chi connectivity index (χ2v) is 9.65. The van der Waals surface area contributed by atoms with Crippen LogP contribution in [0.4, 0.5) is 4.39 Å². The fourth-order valence-corrected chi connectivity index (χ4v) is 5.31. The van der Waals surface area contributed by atoms with E-state index in [2.05, 4.69) is 28.6 Å². The Morgan fingerprint density at radius 3 is 2.80 bits per heavy atom. The van der Waals surface area contributed by atoms with Gasteiger partial charge in [0.15, 0.2) is 17.7 Å². The molecule has 1 fully saturated rings. The molecule has 2 N–H and O–H groups in total. The van der Waals surface area contributed by atoms with Crippen molar-refractivity contribution in [3.05, 3.63) is 53.6 Å². The van der Waals surface area contributed by atoms with E-state index >= 15 is 0 Å². The Hall–Kier alpha value is -3.43. The van der Waals surface area contributed by atoms with E-state index in [0.29, 0.717) is 19.6 Å². The molecule has 184 valence electrons. The van der Waals surface area contributed by atoms with Crippen molar-refractivity contribution >= 4 is 27.8 Å². The van der Waals surface area contributed by atoms with Crippen LogP contribution in [0.15, 0.2) is 36.5 Å². The Bertz CT molecular complexity index is 1420. The van der Waals surface area contributed by atoms with E-state index in [0.717, 1.165) is 38.8 Å². The highest BCUT2D eigenvalue weighted by molar-refractivity contribution is 5.99. The topological polar surface area (TPSA) is 98.6 Å². The molecule has 35 heavy (non-hydrogen) atoms. The van der Waals surface area contributed by atoms with Crippen LogP contribution in [0.5, 0.6) is 5.75 Å². The number of nitrogens with zero attached hydrogens (tertiary/aromatic N) is 2. The second kappa shape index (κ2) is 8.66. The summed E-state index contributed by atoms with van der Waals surface area (Å²) in [5, 5.41) is 18.7. The number of aromatic nitrogens is 3. The van der Waals surface area contributed by atoms with E-state index in [9.17, 15) is 14.3 Å². The average Bonchev–Trinajstić information content (AvgIpc) is 3.54. The average molecular weight is 482 g/mol. The smallest absolute Gasteiger partial charge is 0.332 e. The largest absolute Gasteiger partial charge is 0.494 e. The van der Waals surface area contributed by atoms with Gasteiger partial charge in [-0.15, -0.1) is 0 Å². The van der Waals surface area contributed by atoms with Gasteiger partial charge in [-0.25, -0.2) is 9.18 Å². The molecule has 8 nitrogen and oxygen atoms in total. The molecule has 0 aliphatic carbocycles. The van der Waals surface area contributed by atoms with Crippen molar-refractivity contribution < 1.29 is 28.5 Å². The lowest BCUT2D eigenvalue weighted by Gasteiger charge is -2.29. The number of halogens is 1. The van der Waals surface area contributed by atoms with Gasteiger partial charge in [-0.2, -0.15) is 5.10 Å². The van der Waals surface area contributed by atoms with Crippen molar-refractivity contribution in [1.29, 1.82) is 0 Å². The minimum absolute atomic E-state index is 0.140. The number of methoxy groups -OCH3 is 2. The maximum absolute atomic E-state index is 14.4. The second-order valence-electron chi connectivity index (χ2n) is 9.65. The number of ether oxygens (including phenoxy) is 3. The highest BCUT2D eigenvalue weighted by Gasteiger charge is 2.39. The first-order valence-corrected chi connectivity index (χ1v) is 11.4. The number of aromatic amines is 1. The van der Waals surface area contributed by atoms with Crippen molar-refractivity contribution in [2.75, 3.05) is 27.4 Å². The molecule has 9 heteroatoms. The maximum atomic E-state index is 14.4. The van der Waals surface area contributed by atoms with Crippen LogP contribution in [0.3, 0.4) is 0 Å². The number of carboxylic acid groups (broad SMARTS) is 1. The first kappa shape index (κ1) is 23.3. The Kier molecular flexibility index (Phi) is 5.77. The molecule has 5 rings (SSSR count). The van der Waals surface area contributed by atoms with Gasteiger partial charge in [0.1, 0.15) is 0 Å². The number of rotatable bonds is 7. The zero-order chi connectivity index (χ0) is 24.9. The van der Waals surface area contributed by atoms with Gasteiger partial charge >= 0.3 is 5.97 Å². The van der Waals surface area contributed by atoms with Crippen molar-refractivity contribution in [3.8, 4) is 11.4 Å². The molecule has 0 radical (unpaired) electrons. The van der Waals surface area contributed by atoms with Gasteiger partial charge in [-0.1, -0.05) is 13.8 Å². The van der Waals surface area contributed by atoms with Crippen LogP contribution in [0.25, 0.3) is 27.5 Å². The molecule has 4 aromatic rings. The van der Waals surface area contributed by atoms with Crippen molar-refractivity contribution in [2.24, 2.45) is 0 Å². The minimum Gasteiger partial charge on any atom is -0.494 e. The third kappa shape index (κ3) is 3.84. The third-order valence-electron chi connectivity index (χ3n) is 6.79. The fourth-order valence-electron chi connectivity index (χ4n) is 5.31. The number of carboxylic acids is 1. The Morgan fingerprint density at radius 1 is 1.31 bits per heavy atom. The number of benzene rings is 2. The number of hydrogen-bond acceptors (Lipinski definition) is 5. The minimum atomic E-state index is -0.965. The molecule has 1 aliphatic heterocycles. The van der Waals surface area contributed by atoms with Gasteiger partial charge < -0.3 is 23.9 Å². The number of fused-ring (bicyclic) bond motifs is 2. The van der Waals surface area contributed by atoms with Crippen molar-refractivity contribution in [3.63, 3.8) is 0 Å². The van der Waals surface area contributed by atoms with Gasteiger partial charge in [0.25, 0.3) is 0 Å². The molecule has 0 spiro atoms. The quantitative estimate of drug-likeness (QED) is 0.402. The van der Waals surface area contributed by atoms with E-state index < -0.39 is 23.3 Å². The fraction of sp³-hybridized carbons (Fsp3) is 0.385. The summed E-state index contributed by atoms with van der Waals surface area (Å²) in [5.74, 6) is -1.42. The number of nitrogens with one attached hydrogen (secondary N) is 1. The SMILES string of the molecule is COCC(C)(C)c1c([C@H]2CO[C@H](C(=O)O)C2)c2cc3[nH]ncc3cc2n1-c1ccc(F)c(OC)c1. The van der Waals surface area contributed by atoms with Gasteiger partial charge in [0.2, 0.25) is 0 Å². The maximum Gasteiger partial charge on any atom is 0.332 e. The van der Waals surface area contributed by atoms with E-state index in [1.165, 1.54) is 13.2 Å². The van der Waals surface area contributed by atoms with Crippen molar-refractivity contribution in [2.45, 2.75) is 37.7 Å². The Labute approximate surface area is 201 Å².